The summed E-state index contributed by atoms with van der Waals surface area (Å²) in [6.07, 6.45) is 0.0343. The molecule has 10 heteroatoms. The lowest BCUT2D eigenvalue weighted by Gasteiger charge is -2.27. The van der Waals surface area contributed by atoms with Crippen LogP contribution in [-0.2, 0) is 35.6 Å². The molecule has 2 aromatic rings. The molecule has 0 fully saturated rings. The van der Waals surface area contributed by atoms with E-state index in [-0.39, 0.29) is 31.3 Å². The van der Waals surface area contributed by atoms with E-state index >= 15 is 0 Å². The summed E-state index contributed by atoms with van der Waals surface area (Å²) in [6.45, 7) is 2.58. The van der Waals surface area contributed by atoms with E-state index in [0.717, 1.165) is 4.68 Å². The van der Waals surface area contributed by atoms with Crippen molar-refractivity contribution in [2.45, 2.75) is 33.0 Å². The van der Waals surface area contributed by atoms with Crippen LogP contribution in [-0.4, -0.2) is 39.8 Å². The van der Waals surface area contributed by atoms with Crippen molar-refractivity contribution in [2.75, 3.05) is 13.2 Å². The van der Waals surface area contributed by atoms with Gasteiger partial charge in [-0.15, -0.1) is 0 Å². The van der Waals surface area contributed by atoms with Crippen molar-refractivity contribution in [2.24, 2.45) is 0 Å². The molecule has 0 spiro atoms. The molecule has 0 atom stereocenters. The molecule has 8 nitrogen and oxygen atoms in total. The number of carbonyl (C=O) groups excluding carboxylic acids is 2. The quantitative estimate of drug-likeness (QED) is 0.793. The molecule has 0 aliphatic carbocycles. The standard InChI is InChI=1S/C19H20ClFN4O4/c1-2-29-19(28)24-6-5-16-13(10-24)8-18(27)25(23-16)11-17(26)22-9-12-3-4-15(21)14(20)7-12/h3-4,7-8H,2,5-6,9-11H2,1H3,(H,22,26). The minimum absolute atomic E-state index is 0.0267. The molecule has 0 unspecified atom stereocenters. The topological polar surface area (TPSA) is 93.5 Å². The Morgan fingerprint density at radius 3 is 2.86 bits per heavy atom. The number of nitrogens with one attached hydrogen (secondary N) is 1. The highest BCUT2D eigenvalue weighted by Crippen LogP contribution is 2.17. The number of fused-ring (bicyclic) bond motifs is 1. The molecular formula is C19H20ClFN4O4. The Balaban J connectivity index is 1.63. The third kappa shape index (κ3) is 5.11. The summed E-state index contributed by atoms with van der Waals surface area (Å²) in [5, 5.41) is 6.89. The molecular weight excluding hydrogens is 403 g/mol. The first-order valence-electron chi connectivity index (χ1n) is 9.09. The van der Waals surface area contributed by atoms with Gasteiger partial charge in [0.05, 0.1) is 23.9 Å². The van der Waals surface area contributed by atoms with Crippen LogP contribution in [0.3, 0.4) is 0 Å². The van der Waals surface area contributed by atoms with Gasteiger partial charge in [-0.1, -0.05) is 17.7 Å². The van der Waals surface area contributed by atoms with E-state index < -0.39 is 23.4 Å². The van der Waals surface area contributed by atoms with Gasteiger partial charge in [-0.3, -0.25) is 9.59 Å². The lowest BCUT2D eigenvalue weighted by Crippen LogP contribution is -2.40. The van der Waals surface area contributed by atoms with E-state index in [1.807, 2.05) is 0 Å². The predicted octanol–water partition coefficient (Wildman–Crippen LogP) is 1.87. The van der Waals surface area contributed by atoms with Crippen LogP contribution in [0.25, 0.3) is 0 Å². The summed E-state index contributed by atoms with van der Waals surface area (Å²) in [6, 6.07) is 5.55. The van der Waals surface area contributed by atoms with Crippen molar-refractivity contribution in [3.63, 3.8) is 0 Å². The maximum Gasteiger partial charge on any atom is 0.410 e. The van der Waals surface area contributed by atoms with Crippen LogP contribution < -0.4 is 10.9 Å². The first-order chi connectivity index (χ1) is 13.9. The molecule has 0 saturated heterocycles. The Labute approximate surface area is 171 Å². The number of hydrogen-bond donors (Lipinski definition) is 1. The fourth-order valence-corrected chi connectivity index (χ4v) is 3.17. The van der Waals surface area contributed by atoms with Crippen LogP contribution in [0.2, 0.25) is 5.02 Å². The Hall–Kier alpha value is -2.94. The highest BCUT2D eigenvalue weighted by Gasteiger charge is 2.24. The smallest absolute Gasteiger partial charge is 0.410 e. The van der Waals surface area contributed by atoms with E-state index in [0.29, 0.717) is 29.8 Å². The van der Waals surface area contributed by atoms with Crippen molar-refractivity contribution in [3.05, 3.63) is 62.3 Å². The maximum absolute atomic E-state index is 13.2. The number of carbonyl (C=O) groups is 2. The van der Waals surface area contributed by atoms with Gasteiger partial charge in [0, 0.05) is 31.1 Å². The van der Waals surface area contributed by atoms with Gasteiger partial charge < -0.3 is 15.0 Å². The van der Waals surface area contributed by atoms with Crippen LogP contribution in [0.1, 0.15) is 23.7 Å². The number of amides is 2. The van der Waals surface area contributed by atoms with E-state index in [4.69, 9.17) is 16.3 Å². The molecule has 0 saturated carbocycles. The zero-order valence-electron chi connectivity index (χ0n) is 15.8. The van der Waals surface area contributed by atoms with Crippen molar-refractivity contribution < 1.29 is 18.7 Å². The van der Waals surface area contributed by atoms with Crippen LogP contribution >= 0.6 is 11.6 Å². The number of ether oxygens (including phenoxy) is 1. The average molecular weight is 423 g/mol. The summed E-state index contributed by atoms with van der Waals surface area (Å²) in [5.41, 5.74) is 1.51. The van der Waals surface area contributed by atoms with Gasteiger partial charge in [-0.05, 0) is 24.6 Å². The first kappa shape index (κ1) is 20.8. The van der Waals surface area contributed by atoms with E-state index in [2.05, 4.69) is 10.4 Å². The van der Waals surface area contributed by atoms with Crippen molar-refractivity contribution >= 4 is 23.6 Å². The van der Waals surface area contributed by atoms with E-state index in [1.165, 1.54) is 29.2 Å². The zero-order valence-corrected chi connectivity index (χ0v) is 16.5. The molecule has 1 aromatic heterocycles. The van der Waals surface area contributed by atoms with E-state index in [1.54, 1.807) is 6.92 Å². The molecule has 1 aliphatic rings. The summed E-state index contributed by atoms with van der Waals surface area (Å²) in [7, 11) is 0. The average Bonchev–Trinajstić information content (AvgIpc) is 2.69. The molecule has 1 aliphatic heterocycles. The van der Waals surface area contributed by atoms with Crippen molar-refractivity contribution in [1.29, 1.82) is 0 Å². The summed E-state index contributed by atoms with van der Waals surface area (Å²) >= 11 is 5.72. The van der Waals surface area contributed by atoms with Gasteiger partial charge in [0.2, 0.25) is 5.91 Å². The molecule has 0 radical (unpaired) electrons. The summed E-state index contributed by atoms with van der Waals surface area (Å²) in [4.78, 5) is 37.9. The van der Waals surface area contributed by atoms with Gasteiger partial charge >= 0.3 is 6.09 Å². The van der Waals surface area contributed by atoms with Crippen molar-refractivity contribution in [3.8, 4) is 0 Å². The predicted molar refractivity (Wildman–Crippen MR) is 103 cm³/mol. The minimum atomic E-state index is -0.534. The minimum Gasteiger partial charge on any atom is -0.450 e. The second-order valence-corrected chi connectivity index (χ2v) is 6.92. The SMILES string of the molecule is CCOC(=O)N1CCc2nn(CC(=O)NCc3ccc(F)c(Cl)c3)c(=O)cc2C1. The van der Waals surface area contributed by atoms with Crippen LogP contribution in [0.4, 0.5) is 9.18 Å². The zero-order chi connectivity index (χ0) is 21.0. The Morgan fingerprint density at radius 2 is 2.14 bits per heavy atom. The second kappa shape index (κ2) is 9.04. The largest absolute Gasteiger partial charge is 0.450 e. The fraction of sp³-hybridized carbons (Fsp3) is 0.368. The normalized spacial score (nSPS) is 13.0. The van der Waals surface area contributed by atoms with E-state index in [9.17, 15) is 18.8 Å². The monoisotopic (exact) mass is 422 g/mol. The molecule has 2 heterocycles. The highest BCUT2D eigenvalue weighted by atomic mass is 35.5. The van der Waals surface area contributed by atoms with Gasteiger partial charge in [-0.25, -0.2) is 13.9 Å². The lowest BCUT2D eigenvalue weighted by molar-refractivity contribution is -0.122. The number of rotatable bonds is 5. The fourth-order valence-electron chi connectivity index (χ4n) is 2.97. The van der Waals surface area contributed by atoms with Crippen LogP contribution in [0.5, 0.6) is 0 Å². The van der Waals surface area contributed by atoms with Crippen LogP contribution in [0.15, 0.2) is 29.1 Å². The number of nitrogens with zero attached hydrogens (tertiary/aromatic N) is 3. The molecule has 1 aromatic carbocycles. The summed E-state index contributed by atoms with van der Waals surface area (Å²) < 4.78 is 19.3. The van der Waals surface area contributed by atoms with Gasteiger partial charge in [0.25, 0.3) is 5.56 Å². The highest BCUT2D eigenvalue weighted by molar-refractivity contribution is 6.30. The van der Waals surface area contributed by atoms with Gasteiger partial charge in [-0.2, -0.15) is 5.10 Å². The molecule has 0 bridgehead atoms. The Morgan fingerprint density at radius 1 is 1.34 bits per heavy atom. The van der Waals surface area contributed by atoms with Crippen molar-refractivity contribution in [1.82, 2.24) is 20.0 Å². The van der Waals surface area contributed by atoms with Gasteiger partial charge in [0.1, 0.15) is 12.4 Å². The van der Waals surface area contributed by atoms with Gasteiger partial charge in [0.15, 0.2) is 0 Å². The molecule has 154 valence electrons. The molecule has 3 rings (SSSR count). The first-order valence-corrected chi connectivity index (χ1v) is 9.47. The third-order valence-corrected chi connectivity index (χ3v) is 4.73. The molecule has 29 heavy (non-hydrogen) atoms. The van der Waals surface area contributed by atoms with Crippen LogP contribution in [0, 0.1) is 5.82 Å². The summed E-state index contributed by atoms with van der Waals surface area (Å²) in [5.74, 6) is -0.947. The molecule has 2 amide bonds. The third-order valence-electron chi connectivity index (χ3n) is 4.44. The Kier molecular flexibility index (Phi) is 6.48. The number of hydrogen-bond acceptors (Lipinski definition) is 5. The Bertz CT molecular complexity index is 995. The lowest BCUT2D eigenvalue weighted by atomic mass is 10.1. The number of benzene rings is 1. The maximum atomic E-state index is 13.2. The second-order valence-electron chi connectivity index (χ2n) is 6.51. The number of aromatic nitrogens is 2. The number of halogens is 2. The molecule has 1 N–H and O–H groups in total.